The smallest absolute Gasteiger partial charge is 0.243 e. The second kappa shape index (κ2) is 8.00. The highest BCUT2D eigenvalue weighted by atomic mass is 32.2. The number of carbonyl (C=O) groups excluding carboxylic acids is 3. The van der Waals surface area contributed by atoms with E-state index in [9.17, 15) is 22.8 Å². The van der Waals surface area contributed by atoms with Crippen molar-refractivity contribution in [3.05, 3.63) is 29.8 Å². The van der Waals surface area contributed by atoms with Crippen molar-refractivity contribution in [2.75, 3.05) is 32.7 Å². The molecule has 0 spiro atoms. The van der Waals surface area contributed by atoms with E-state index in [1.54, 1.807) is 12.1 Å². The Morgan fingerprint density at radius 3 is 2.00 bits per heavy atom. The quantitative estimate of drug-likeness (QED) is 0.673. The molecule has 0 unspecified atom stereocenters. The molecule has 2 fully saturated rings. The fourth-order valence-electron chi connectivity index (χ4n) is 3.39. The van der Waals surface area contributed by atoms with Crippen LogP contribution in [0.25, 0.3) is 0 Å². The van der Waals surface area contributed by atoms with Gasteiger partial charge in [0.25, 0.3) is 0 Å². The van der Waals surface area contributed by atoms with Gasteiger partial charge in [0.1, 0.15) is 6.54 Å². The van der Waals surface area contributed by atoms with Gasteiger partial charge in [-0.3, -0.25) is 19.3 Å². The Bertz CT molecular complexity index is 855. The van der Waals surface area contributed by atoms with E-state index in [-0.39, 0.29) is 68.2 Å². The van der Waals surface area contributed by atoms with Crippen molar-refractivity contribution in [1.29, 1.82) is 0 Å². The van der Waals surface area contributed by atoms with Gasteiger partial charge in [0.2, 0.25) is 27.7 Å². The van der Waals surface area contributed by atoms with Gasteiger partial charge in [0, 0.05) is 39.0 Å². The molecule has 0 bridgehead atoms. The van der Waals surface area contributed by atoms with E-state index in [1.807, 2.05) is 26.0 Å². The monoisotopic (exact) mass is 407 g/mol. The van der Waals surface area contributed by atoms with Crippen molar-refractivity contribution >= 4 is 27.7 Å². The van der Waals surface area contributed by atoms with Crippen LogP contribution < -0.4 is 0 Å². The van der Waals surface area contributed by atoms with Crippen LogP contribution in [-0.2, 0) is 24.4 Å². The summed E-state index contributed by atoms with van der Waals surface area (Å²) >= 11 is 0. The van der Waals surface area contributed by atoms with E-state index in [4.69, 9.17) is 0 Å². The van der Waals surface area contributed by atoms with E-state index < -0.39 is 10.0 Å². The predicted molar refractivity (Wildman–Crippen MR) is 102 cm³/mol. The second-order valence-electron chi connectivity index (χ2n) is 7.38. The summed E-state index contributed by atoms with van der Waals surface area (Å²) in [6, 6.07) is 6.88. The number of amides is 3. The van der Waals surface area contributed by atoms with Gasteiger partial charge in [-0.15, -0.1) is 0 Å². The first-order chi connectivity index (χ1) is 13.2. The first-order valence-corrected chi connectivity index (χ1v) is 10.8. The third-order valence-corrected chi connectivity index (χ3v) is 7.14. The van der Waals surface area contributed by atoms with E-state index >= 15 is 0 Å². The maximum Gasteiger partial charge on any atom is 0.243 e. The van der Waals surface area contributed by atoms with Crippen LogP contribution in [0.5, 0.6) is 0 Å². The Kier molecular flexibility index (Phi) is 5.85. The average molecular weight is 407 g/mol. The molecule has 9 heteroatoms. The lowest BCUT2D eigenvalue weighted by atomic mass is 10.0. The molecule has 1 aromatic rings. The highest BCUT2D eigenvalue weighted by Crippen LogP contribution is 2.21. The number of piperazine rings is 1. The summed E-state index contributed by atoms with van der Waals surface area (Å²) < 4.78 is 27.0. The van der Waals surface area contributed by atoms with E-state index in [1.165, 1.54) is 9.21 Å². The number of benzene rings is 1. The first kappa shape index (κ1) is 20.5. The standard InChI is InChI=1S/C19H25N3O5S/c1-14(2)15-3-5-16(6-4-15)28(26,27)21-11-9-20(10-12-21)19(25)13-22-17(23)7-8-18(22)24/h3-6,14H,7-13H2,1-2H3. The summed E-state index contributed by atoms with van der Waals surface area (Å²) in [5, 5.41) is 0. The molecule has 0 N–H and O–H groups in total. The van der Waals surface area contributed by atoms with Gasteiger partial charge in [0.15, 0.2) is 0 Å². The number of hydrogen-bond acceptors (Lipinski definition) is 5. The summed E-state index contributed by atoms with van der Waals surface area (Å²) in [5.41, 5.74) is 1.07. The number of carbonyl (C=O) groups is 3. The molecule has 0 aliphatic carbocycles. The minimum Gasteiger partial charge on any atom is -0.338 e. The summed E-state index contributed by atoms with van der Waals surface area (Å²) in [6.07, 6.45) is 0.293. The number of nitrogens with zero attached hydrogens (tertiary/aromatic N) is 3. The summed E-state index contributed by atoms with van der Waals surface area (Å²) in [5.74, 6) is -0.670. The Morgan fingerprint density at radius 2 is 1.50 bits per heavy atom. The van der Waals surface area contributed by atoms with Crippen molar-refractivity contribution in [1.82, 2.24) is 14.1 Å². The van der Waals surface area contributed by atoms with Crippen molar-refractivity contribution < 1.29 is 22.8 Å². The maximum atomic E-state index is 12.8. The molecule has 2 heterocycles. The molecule has 0 saturated carbocycles. The van der Waals surface area contributed by atoms with Gasteiger partial charge in [-0.1, -0.05) is 26.0 Å². The van der Waals surface area contributed by atoms with Crippen LogP contribution >= 0.6 is 0 Å². The molecular weight excluding hydrogens is 382 g/mol. The van der Waals surface area contributed by atoms with Crippen LogP contribution in [0, 0.1) is 0 Å². The molecule has 0 aromatic heterocycles. The van der Waals surface area contributed by atoms with Crippen LogP contribution in [0.15, 0.2) is 29.2 Å². The number of rotatable bonds is 5. The normalized spacial score (nSPS) is 19.0. The largest absolute Gasteiger partial charge is 0.338 e. The molecule has 2 saturated heterocycles. The zero-order chi connectivity index (χ0) is 20.5. The van der Waals surface area contributed by atoms with Crippen LogP contribution in [0.2, 0.25) is 0 Å². The molecule has 3 rings (SSSR count). The molecule has 152 valence electrons. The summed E-state index contributed by atoms with van der Waals surface area (Å²) in [6.45, 7) is 4.66. The van der Waals surface area contributed by atoms with Crippen LogP contribution in [0.1, 0.15) is 38.2 Å². The minimum absolute atomic E-state index is 0.147. The van der Waals surface area contributed by atoms with E-state index in [0.29, 0.717) is 5.92 Å². The highest BCUT2D eigenvalue weighted by Gasteiger charge is 2.34. The summed E-state index contributed by atoms with van der Waals surface area (Å²) in [4.78, 5) is 38.4. The van der Waals surface area contributed by atoms with Crippen LogP contribution in [0.4, 0.5) is 0 Å². The van der Waals surface area contributed by atoms with Crippen molar-refractivity contribution in [3.8, 4) is 0 Å². The third-order valence-electron chi connectivity index (χ3n) is 5.22. The molecule has 2 aliphatic rings. The molecule has 0 radical (unpaired) electrons. The van der Waals surface area contributed by atoms with Gasteiger partial charge in [-0.05, 0) is 23.6 Å². The van der Waals surface area contributed by atoms with Crippen LogP contribution in [0.3, 0.4) is 0 Å². The Hall–Kier alpha value is -2.26. The van der Waals surface area contributed by atoms with Gasteiger partial charge < -0.3 is 4.90 Å². The lowest BCUT2D eigenvalue weighted by molar-refractivity contribution is -0.145. The van der Waals surface area contributed by atoms with E-state index in [0.717, 1.165) is 10.5 Å². The number of sulfonamides is 1. The number of hydrogen-bond donors (Lipinski definition) is 0. The van der Waals surface area contributed by atoms with E-state index in [2.05, 4.69) is 0 Å². The molecule has 1 aromatic carbocycles. The van der Waals surface area contributed by atoms with Gasteiger partial charge >= 0.3 is 0 Å². The predicted octanol–water partition coefficient (Wildman–Crippen LogP) is 0.792. The topological polar surface area (TPSA) is 95.1 Å². The third kappa shape index (κ3) is 4.10. The van der Waals surface area contributed by atoms with Crippen molar-refractivity contribution in [3.63, 3.8) is 0 Å². The Balaban J connectivity index is 1.60. The zero-order valence-electron chi connectivity index (χ0n) is 16.1. The van der Waals surface area contributed by atoms with Gasteiger partial charge in [-0.25, -0.2) is 8.42 Å². The first-order valence-electron chi connectivity index (χ1n) is 9.41. The van der Waals surface area contributed by atoms with Gasteiger partial charge in [0.05, 0.1) is 4.90 Å². The second-order valence-corrected chi connectivity index (χ2v) is 9.32. The molecule has 8 nitrogen and oxygen atoms in total. The highest BCUT2D eigenvalue weighted by molar-refractivity contribution is 7.89. The molecule has 0 atom stereocenters. The maximum absolute atomic E-state index is 12.8. The fourth-order valence-corrected chi connectivity index (χ4v) is 4.81. The SMILES string of the molecule is CC(C)c1ccc(S(=O)(=O)N2CCN(C(=O)CN3C(=O)CCC3=O)CC2)cc1. The van der Waals surface area contributed by atoms with Crippen molar-refractivity contribution in [2.45, 2.75) is 37.5 Å². The summed E-state index contributed by atoms with van der Waals surface area (Å²) in [7, 11) is -3.62. The molecular formula is C19H25N3O5S. The van der Waals surface area contributed by atoms with Crippen molar-refractivity contribution in [2.24, 2.45) is 0 Å². The molecule has 2 aliphatic heterocycles. The number of likely N-dealkylation sites (tertiary alicyclic amines) is 1. The lowest BCUT2D eigenvalue weighted by Crippen LogP contribution is -2.53. The minimum atomic E-state index is -3.62. The lowest BCUT2D eigenvalue weighted by Gasteiger charge is -2.34. The average Bonchev–Trinajstić information content (AvgIpc) is 3.00. The number of imide groups is 1. The molecule has 28 heavy (non-hydrogen) atoms. The Morgan fingerprint density at radius 1 is 0.964 bits per heavy atom. The Labute approximate surface area is 165 Å². The zero-order valence-corrected chi connectivity index (χ0v) is 16.9. The van der Waals surface area contributed by atoms with Crippen LogP contribution in [-0.4, -0.2) is 73.0 Å². The van der Waals surface area contributed by atoms with Gasteiger partial charge in [-0.2, -0.15) is 4.31 Å². The fraction of sp³-hybridized carbons (Fsp3) is 0.526. The molecule has 3 amide bonds.